The third kappa shape index (κ3) is 6.55. The minimum atomic E-state index is -5.89. The third-order valence-corrected chi connectivity index (χ3v) is 5.30. The van der Waals surface area contributed by atoms with Crippen LogP contribution < -0.4 is 5.73 Å². The van der Waals surface area contributed by atoms with Gasteiger partial charge in [-0.2, -0.15) is 22.0 Å². The van der Waals surface area contributed by atoms with Crippen LogP contribution in [0.15, 0.2) is 52.9 Å². The molecular formula is C24H26F5N3O3. The van der Waals surface area contributed by atoms with Gasteiger partial charge in [-0.25, -0.2) is 4.98 Å². The number of amides is 2. The lowest BCUT2D eigenvalue weighted by molar-refractivity contribution is -0.268. The van der Waals surface area contributed by atoms with Crippen LogP contribution in [0.25, 0.3) is 22.6 Å². The first-order valence-corrected chi connectivity index (χ1v) is 10.8. The number of oxazole rings is 1. The third-order valence-electron chi connectivity index (χ3n) is 5.30. The van der Waals surface area contributed by atoms with Crippen molar-refractivity contribution in [2.75, 3.05) is 7.05 Å². The Balaban J connectivity index is 0.000000367. The Labute approximate surface area is 198 Å². The first-order valence-electron chi connectivity index (χ1n) is 10.8. The van der Waals surface area contributed by atoms with Crippen molar-refractivity contribution in [3.8, 4) is 11.5 Å². The average Bonchev–Trinajstić information content (AvgIpc) is 3.25. The van der Waals surface area contributed by atoms with Crippen LogP contribution >= 0.6 is 0 Å². The van der Waals surface area contributed by atoms with Gasteiger partial charge >= 0.3 is 12.1 Å². The molecule has 0 aliphatic carbocycles. The van der Waals surface area contributed by atoms with Crippen molar-refractivity contribution in [1.29, 1.82) is 0 Å². The number of nitrogens with two attached hydrogens (primary N) is 1. The van der Waals surface area contributed by atoms with Gasteiger partial charge in [0.25, 0.3) is 11.8 Å². The predicted octanol–water partition coefficient (Wildman–Crippen LogP) is 5.81. The lowest BCUT2D eigenvalue weighted by Crippen LogP contribution is -2.47. The molecule has 1 aromatic heterocycles. The Kier molecular flexibility index (Phi) is 8.94. The van der Waals surface area contributed by atoms with Crippen molar-refractivity contribution >= 4 is 22.9 Å². The van der Waals surface area contributed by atoms with Crippen LogP contribution in [-0.2, 0) is 4.79 Å². The summed E-state index contributed by atoms with van der Waals surface area (Å²) in [7, 11) is 1.89. The second kappa shape index (κ2) is 11.3. The van der Waals surface area contributed by atoms with Gasteiger partial charge in [-0.1, -0.05) is 32.4 Å². The number of para-hydroxylation sites is 2. The molecule has 6 nitrogen and oxygen atoms in total. The molecule has 0 fully saturated rings. The first-order chi connectivity index (χ1) is 16.3. The quantitative estimate of drug-likeness (QED) is 0.415. The van der Waals surface area contributed by atoms with Crippen molar-refractivity contribution in [2.45, 2.75) is 51.3 Å². The number of fused-ring (bicyclic) bond motifs is 1. The standard InChI is InChI=1S/C21H24N2O2.C3H2F5NO/c1-4-8-17(5-2)23(3)21(24)16-13-11-15(12-14-16)20-22-18-9-6-7-10-19(18)25-20;4-2(5,1(9)10)3(6,7)8/h6-7,9-14,17H,4-5,8H2,1-3H3;(H2,9,10). The predicted molar refractivity (Wildman–Crippen MR) is 121 cm³/mol. The number of hydrogen-bond acceptors (Lipinski definition) is 4. The summed E-state index contributed by atoms with van der Waals surface area (Å²) in [5.41, 5.74) is 6.91. The molecule has 0 spiro atoms. The number of carbonyl (C=O) groups excluding carboxylic acids is 2. The van der Waals surface area contributed by atoms with E-state index in [4.69, 9.17) is 4.42 Å². The number of rotatable bonds is 7. The van der Waals surface area contributed by atoms with E-state index >= 15 is 0 Å². The highest BCUT2D eigenvalue weighted by Crippen LogP contribution is 2.34. The number of nitrogens with zero attached hydrogens (tertiary/aromatic N) is 2. The maximum Gasteiger partial charge on any atom is 0.463 e. The topological polar surface area (TPSA) is 89.4 Å². The van der Waals surface area contributed by atoms with E-state index in [1.54, 1.807) is 0 Å². The van der Waals surface area contributed by atoms with E-state index in [-0.39, 0.29) is 11.9 Å². The molecule has 0 saturated heterocycles. The molecule has 2 aromatic carbocycles. The minimum Gasteiger partial charge on any atom is -0.436 e. The number of carbonyl (C=O) groups is 2. The summed E-state index contributed by atoms with van der Waals surface area (Å²) in [6.07, 6.45) is -2.82. The van der Waals surface area contributed by atoms with E-state index in [1.165, 1.54) is 0 Å². The molecule has 0 aliphatic rings. The molecule has 1 unspecified atom stereocenters. The summed E-state index contributed by atoms with van der Waals surface area (Å²) in [4.78, 5) is 28.5. The van der Waals surface area contributed by atoms with Crippen LogP contribution in [0.1, 0.15) is 43.5 Å². The molecular weight excluding hydrogens is 473 g/mol. The van der Waals surface area contributed by atoms with E-state index < -0.39 is 18.0 Å². The van der Waals surface area contributed by atoms with Gasteiger partial charge in [-0.3, -0.25) is 9.59 Å². The molecule has 0 saturated carbocycles. The molecule has 1 heterocycles. The number of aromatic nitrogens is 1. The van der Waals surface area contributed by atoms with Gasteiger partial charge in [0, 0.05) is 24.2 Å². The molecule has 0 radical (unpaired) electrons. The van der Waals surface area contributed by atoms with Gasteiger partial charge in [0.2, 0.25) is 5.89 Å². The van der Waals surface area contributed by atoms with Gasteiger partial charge in [-0.15, -0.1) is 0 Å². The number of hydrogen-bond donors (Lipinski definition) is 1. The summed E-state index contributed by atoms with van der Waals surface area (Å²) in [5, 5.41) is 0. The van der Waals surface area contributed by atoms with Crippen LogP contribution in [0.4, 0.5) is 22.0 Å². The van der Waals surface area contributed by atoms with E-state index in [0.717, 1.165) is 35.9 Å². The Morgan fingerprint density at radius 2 is 1.63 bits per heavy atom. The van der Waals surface area contributed by atoms with Crippen molar-refractivity contribution in [3.05, 3.63) is 54.1 Å². The molecule has 0 bridgehead atoms. The SMILES string of the molecule is CCCC(CC)N(C)C(=O)c1ccc(-c2nc3ccccc3o2)cc1.NC(=O)C(F)(F)C(F)(F)F. The number of halogens is 5. The molecule has 3 rings (SSSR count). The van der Waals surface area contributed by atoms with Crippen LogP contribution in [0.2, 0.25) is 0 Å². The van der Waals surface area contributed by atoms with Gasteiger partial charge in [0.15, 0.2) is 5.58 Å². The molecule has 35 heavy (non-hydrogen) atoms. The van der Waals surface area contributed by atoms with E-state index in [2.05, 4.69) is 24.6 Å². The zero-order valence-electron chi connectivity index (χ0n) is 19.4. The van der Waals surface area contributed by atoms with Gasteiger partial charge in [0.1, 0.15) is 5.52 Å². The zero-order valence-corrected chi connectivity index (χ0v) is 19.4. The maximum absolute atomic E-state index is 12.7. The summed E-state index contributed by atoms with van der Waals surface area (Å²) in [5.74, 6) is -7.48. The van der Waals surface area contributed by atoms with Crippen molar-refractivity contribution in [1.82, 2.24) is 9.88 Å². The molecule has 0 aliphatic heterocycles. The van der Waals surface area contributed by atoms with E-state index in [0.29, 0.717) is 11.5 Å². The van der Waals surface area contributed by atoms with Crippen molar-refractivity contribution in [3.63, 3.8) is 0 Å². The van der Waals surface area contributed by atoms with Crippen LogP contribution in [-0.4, -0.2) is 46.9 Å². The van der Waals surface area contributed by atoms with Crippen molar-refractivity contribution in [2.24, 2.45) is 5.73 Å². The van der Waals surface area contributed by atoms with E-state index in [1.807, 2.05) is 60.5 Å². The highest BCUT2D eigenvalue weighted by molar-refractivity contribution is 5.94. The normalized spacial score (nSPS) is 12.6. The minimum absolute atomic E-state index is 0.0596. The number of primary amides is 1. The molecule has 2 N–H and O–H groups in total. The lowest BCUT2D eigenvalue weighted by Gasteiger charge is -2.27. The fourth-order valence-corrected chi connectivity index (χ4v) is 3.27. The molecule has 11 heteroatoms. The largest absolute Gasteiger partial charge is 0.463 e. The number of benzene rings is 2. The Morgan fingerprint density at radius 1 is 1.03 bits per heavy atom. The van der Waals surface area contributed by atoms with Crippen LogP contribution in [0.3, 0.4) is 0 Å². The highest BCUT2D eigenvalue weighted by atomic mass is 19.4. The Hall–Kier alpha value is -3.50. The summed E-state index contributed by atoms with van der Waals surface area (Å²) in [6.45, 7) is 4.27. The highest BCUT2D eigenvalue weighted by Gasteiger charge is 2.62. The Morgan fingerprint density at radius 3 is 2.09 bits per heavy atom. The van der Waals surface area contributed by atoms with Gasteiger partial charge in [-0.05, 0) is 49.2 Å². The van der Waals surface area contributed by atoms with Gasteiger partial charge < -0.3 is 15.1 Å². The molecule has 2 amide bonds. The summed E-state index contributed by atoms with van der Waals surface area (Å²) in [6, 6.07) is 15.5. The first kappa shape index (κ1) is 27.7. The number of alkyl halides is 5. The zero-order chi connectivity index (χ0) is 26.4. The van der Waals surface area contributed by atoms with Crippen molar-refractivity contribution < 1.29 is 36.0 Å². The van der Waals surface area contributed by atoms with Gasteiger partial charge in [0.05, 0.1) is 0 Å². The summed E-state index contributed by atoms with van der Waals surface area (Å²) < 4.78 is 61.8. The second-order valence-corrected chi connectivity index (χ2v) is 7.77. The van der Waals surface area contributed by atoms with Crippen LogP contribution in [0, 0.1) is 0 Å². The molecule has 190 valence electrons. The fourth-order valence-electron chi connectivity index (χ4n) is 3.27. The summed E-state index contributed by atoms with van der Waals surface area (Å²) >= 11 is 0. The second-order valence-electron chi connectivity index (χ2n) is 7.77. The van der Waals surface area contributed by atoms with Crippen LogP contribution in [0.5, 0.6) is 0 Å². The van der Waals surface area contributed by atoms with E-state index in [9.17, 15) is 31.5 Å². The average molecular weight is 499 g/mol. The smallest absolute Gasteiger partial charge is 0.436 e. The molecule has 1 atom stereocenters. The lowest BCUT2D eigenvalue weighted by atomic mass is 10.1. The Bertz CT molecular complexity index is 1110. The maximum atomic E-state index is 12.7. The fraction of sp³-hybridized carbons (Fsp3) is 0.375. The monoisotopic (exact) mass is 499 g/mol. The molecule has 3 aromatic rings.